The Morgan fingerprint density at radius 1 is 0.920 bits per heavy atom. The highest BCUT2D eigenvalue weighted by molar-refractivity contribution is 5.48. The number of ether oxygens (including phenoxy) is 1. The molecule has 0 amide bonds. The molecule has 0 aliphatic carbocycles. The zero-order valence-corrected chi connectivity index (χ0v) is 16.1. The first-order valence-electron chi connectivity index (χ1n) is 9.74. The first-order chi connectivity index (χ1) is 12.2. The normalized spacial score (nSPS) is 10.9. The SMILES string of the molecule is CCCCCCCOc1cccc(NCc2ccc(C(C)C)cc2)c1. The monoisotopic (exact) mass is 339 g/mol. The molecule has 2 heteroatoms. The Hall–Kier alpha value is -1.96. The van der Waals surface area contributed by atoms with Crippen LogP contribution >= 0.6 is 0 Å². The van der Waals surface area contributed by atoms with Gasteiger partial charge in [-0.15, -0.1) is 0 Å². The van der Waals surface area contributed by atoms with Gasteiger partial charge in [0.1, 0.15) is 5.75 Å². The molecule has 136 valence electrons. The van der Waals surface area contributed by atoms with Crippen molar-refractivity contribution in [2.75, 3.05) is 11.9 Å². The molecule has 0 saturated carbocycles. The minimum Gasteiger partial charge on any atom is -0.494 e. The van der Waals surface area contributed by atoms with Gasteiger partial charge in [0.15, 0.2) is 0 Å². The average molecular weight is 340 g/mol. The van der Waals surface area contributed by atoms with Crippen LogP contribution in [0, 0.1) is 0 Å². The highest BCUT2D eigenvalue weighted by atomic mass is 16.5. The maximum absolute atomic E-state index is 5.88. The van der Waals surface area contributed by atoms with Crippen molar-refractivity contribution in [2.24, 2.45) is 0 Å². The van der Waals surface area contributed by atoms with Crippen LogP contribution < -0.4 is 10.1 Å². The molecule has 0 aliphatic rings. The summed E-state index contributed by atoms with van der Waals surface area (Å²) in [7, 11) is 0. The van der Waals surface area contributed by atoms with Gasteiger partial charge < -0.3 is 10.1 Å². The van der Waals surface area contributed by atoms with Crippen LogP contribution in [-0.4, -0.2) is 6.61 Å². The Morgan fingerprint density at radius 2 is 1.68 bits per heavy atom. The fourth-order valence-electron chi connectivity index (χ4n) is 2.82. The van der Waals surface area contributed by atoms with Gasteiger partial charge in [0.05, 0.1) is 6.61 Å². The number of rotatable bonds is 11. The van der Waals surface area contributed by atoms with E-state index < -0.39 is 0 Å². The van der Waals surface area contributed by atoms with Crippen LogP contribution in [0.15, 0.2) is 48.5 Å². The highest BCUT2D eigenvalue weighted by Gasteiger charge is 2.00. The Kier molecular flexibility index (Phi) is 8.38. The summed E-state index contributed by atoms with van der Waals surface area (Å²) in [5, 5.41) is 3.49. The summed E-state index contributed by atoms with van der Waals surface area (Å²) in [4.78, 5) is 0. The van der Waals surface area contributed by atoms with Gasteiger partial charge in [-0.3, -0.25) is 0 Å². The van der Waals surface area contributed by atoms with Gasteiger partial charge in [0.2, 0.25) is 0 Å². The number of hydrogen-bond donors (Lipinski definition) is 1. The van der Waals surface area contributed by atoms with Crippen LogP contribution in [0.2, 0.25) is 0 Å². The smallest absolute Gasteiger partial charge is 0.121 e. The van der Waals surface area contributed by atoms with E-state index in [-0.39, 0.29) is 0 Å². The molecule has 0 spiro atoms. The minimum absolute atomic E-state index is 0.581. The van der Waals surface area contributed by atoms with E-state index in [4.69, 9.17) is 4.74 Å². The molecule has 25 heavy (non-hydrogen) atoms. The Morgan fingerprint density at radius 3 is 2.40 bits per heavy atom. The topological polar surface area (TPSA) is 21.3 Å². The van der Waals surface area contributed by atoms with E-state index in [9.17, 15) is 0 Å². The van der Waals surface area contributed by atoms with E-state index in [0.29, 0.717) is 5.92 Å². The first kappa shape index (κ1) is 19.4. The summed E-state index contributed by atoms with van der Waals surface area (Å²) in [6.07, 6.45) is 6.33. The molecular formula is C23H33NO. The van der Waals surface area contributed by atoms with Crippen molar-refractivity contribution < 1.29 is 4.74 Å². The number of hydrogen-bond acceptors (Lipinski definition) is 2. The Bertz CT molecular complexity index is 604. The molecule has 0 heterocycles. The van der Waals surface area contributed by atoms with Gasteiger partial charge in [-0.05, 0) is 35.6 Å². The zero-order valence-electron chi connectivity index (χ0n) is 16.1. The van der Waals surface area contributed by atoms with Crippen molar-refractivity contribution in [3.8, 4) is 5.75 Å². The van der Waals surface area contributed by atoms with Crippen LogP contribution in [0.5, 0.6) is 5.75 Å². The van der Waals surface area contributed by atoms with E-state index in [1.807, 2.05) is 6.07 Å². The average Bonchev–Trinajstić information content (AvgIpc) is 2.63. The van der Waals surface area contributed by atoms with Crippen molar-refractivity contribution in [3.63, 3.8) is 0 Å². The zero-order chi connectivity index (χ0) is 17.9. The molecular weight excluding hydrogens is 306 g/mol. The van der Waals surface area contributed by atoms with Gasteiger partial charge in [0, 0.05) is 18.3 Å². The second kappa shape index (κ2) is 10.8. The molecule has 0 unspecified atom stereocenters. The summed E-state index contributed by atoms with van der Waals surface area (Å²) in [6, 6.07) is 17.1. The Labute approximate surface area is 153 Å². The molecule has 2 aromatic rings. The molecule has 0 bridgehead atoms. The molecule has 2 aromatic carbocycles. The van der Waals surface area contributed by atoms with Gasteiger partial charge in [-0.25, -0.2) is 0 Å². The third-order valence-corrected chi connectivity index (χ3v) is 4.49. The summed E-state index contributed by atoms with van der Waals surface area (Å²) in [5.41, 5.74) is 3.79. The third-order valence-electron chi connectivity index (χ3n) is 4.49. The maximum atomic E-state index is 5.88. The Balaban J connectivity index is 1.76. The lowest BCUT2D eigenvalue weighted by Gasteiger charge is -2.11. The van der Waals surface area contributed by atoms with Crippen LogP contribution in [-0.2, 0) is 6.54 Å². The summed E-state index contributed by atoms with van der Waals surface area (Å²) in [5.74, 6) is 1.54. The molecule has 1 N–H and O–H groups in total. The summed E-state index contributed by atoms with van der Waals surface area (Å²) < 4.78 is 5.88. The van der Waals surface area contributed by atoms with Crippen molar-refractivity contribution in [3.05, 3.63) is 59.7 Å². The molecule has 0 fully saturated rings. The highest BCUT2D eigenvalue weighted by Crippen LogP contribution is 2.19. The quantitative estimate of drug-likeness (QED) is 0.456. The second-order valence-corrected chi connectivity index (χ2v) is 7.04. The van der Waals surface area contributed by atoms with Gasteiger partial charge >= 0.3 is 0 Å². The van der Waals surface area contributed by atoms with Crippen LogP contribution in [0.3, 0.4) is 0 Å². The summed E-state index contributed by atoms with van der Waals surface area (Å²) in [6.45, 7) is 8.33. The van der Waals surface area contributed by atoms with Gasteiger partial charge in [-0.2, -0.15) is 0 Å². The molecule has 0 radical (unpaired) electrons. The predicted octanol–water partition coefficient (Wildman–Crippen LogP) is 6.77. The number of unbranched alkanes of at least 4 members (excludes halogenated alkanes) is 4. The fourth-order valence-corrected chi connectivity index (χ4v) is 2.82. The van der Waals surface area contributed by atoms with E-state index in [1.54, 1.807) is 0 Å². The number of nitrogens with one attached hydrogen (secondary N) is 1. The van der Waals surface area contributed by atoms with Crippen molar-refractivity contribution in [1.29, 1.82) is 0 Å². The first-order valence-corrected chi connectivity index (χ1v) is 9.74. The van der Waals surface area contributed by atoms with Crippen LogP contribution in [0.25, 0.3) is 0 Å². The van der Waals surface area contributed by atoms with E-state index >= 15 is 0 Å². The lowest BCUT2D eigenvalue weighted by atomic mass is 10.0. The van der Waals surface area contributed by atoms with Crippen LogP contribution in [0.1, 0.15) is 69.9 Å². The number of benzene rings is 2. The molecule has 2 rings (SSSR count). The fraction of sp³-hybridized carbons (Fsp3) is 0.478. The second-order valence-electron chi connectivity index (χ2n) is 7.04. The van der Waals surface area contributed by atoms with Gasteiger partial charge in [0.25, 0.3) is 0 Å². The molecule has 0 saturated heterocycles. The minimum atomic E-state index is 0.581. The summed E-state index contributed by atoms with van der Waals surface area (Å²) >= 11 is 0. The number of anilines is 1. The van der Waals surface area contributed by atoms with Crippen molar-refractivity contribution in [2.45, 2.75) is 65.3 Å². The lowest BCUT2D eigenvalue weighted by molar-refractivity contribution is 0.304. The molecule has 0 aliphatic heterocycles. The van der Waals surface area contributed by atoms with E-state index in [0.717, 1.165) is 31.0 Å². The molecule has 0 atom stereocenters. The molecule has 2 nitrogen and oxygen atoms in total. The van der Waals surface area contributed by atoms with E-state index in [2.05, 4.69) is 68.6 Å². The van der Waals surface area contributed by atoms with Crippen molar-refractivity contribution in [1.82, 2.24) is 0 Å². The maximum Gasteiger partial charge on any atom is 0.121 e. The lowest BCUT2D eigenvalue weighted by Crippen LogP contribution is -2.01. The third kappa shape index (κ3) is 7.21. The largest absolute Gasteiger partial charge is 0.494 e. The van der Waals surface area contributed by atoms with Crippen LogP contribution in [0.4, 0.5) is 5.69 Å². The molecule has 0 aromatic heterocycles. The van der Waals surface area contributed by atoms with Gasteiger partial charge in [-0.1, -0.05) is 76.8 Å². The predicted molar refractivity (Wildman–Crippen MR) is 109 cm³/mol. The van der Waals surface area contributed by atoms with E-state index in [1.165, 1.54) is 36.8 Å². The van der Waals surface area contributed by atoms with Crippen molar-refractivity contribution >= 4 is 5.69 Å². The standard InChI is InChI=1S/C23H33NO/c1-4-5-6-7-8-16-25-23-11-9-10-22(17-23)24-18-20-12-14-21(15-13-20)19(2)3/h9-15,17,19,24H,4-8,16,18H2,1-3H3.